The van der Waals surface area contributed by atoms with Gasteiger partial charge in [0.1, 0.15) is 5.15 Å². The molecule has 1 rings (SSSR count). The molecule has 1 aromatic rings. The standard InChI is InChI=1S/C9H15ClN2S/c1-4-9(2,3)6-11-8-12-7(10)5-13-8/h5H,4,6H2,1-3H3,(H,11,12). The van der Waals surface area contributed by atoms with E-state index in [1.165, 1.54) is 0 Å². The Morgan fingerprint density at radius 2 is 2.31 bits per heavy atom. The highest BCUT2D eigenvalue weighted by molar-refractivity contribution is 7.14. The van der Waals surface area contributed by atoms with Crippen LogP contribution in [0.25, 0.3) is 0 Å². The number of hydrogen-bond acceptors (Lipinski definition) is 3. The molecule has 0 fully saturated rings. The fourth-order valence-corrected chi connectivity index (χ4v) is 1.61. The average Bonchev–Trinajstić information content (AvgIpc) is 2.48. The van der Waals surface area contributed by atoms with Crippen LogP contribution >= 0.6 is 22.9 Å². The number of hydrogen-bond donors (Lipinski definition) is 1. The molecular weight excluding hydrogens is 204 g/mol. The third kappa shape index (κ3) is 3.53. The smallest absolute Gasteiger partial charge is 0.184 e. The Hall–Kier alpha value is -0.280. The molecule has 0 saturated carbocycles. The summed E-state index contributed by atoms with van der Waals surface area (Å²) >= 11 is 7.25. The number of aromatic nitrogens is 1. The lowest BCUT2D eigenvalue weighted by atomic mass is 9.90. The van der Waals surface area contributed by atoms with E-state index in [-0.39, 0.29) is 0 Å². The molecule has 4 heteroatoms. The first-order chi connectivity index (χ1) is 6.03. The SMILES string of the molecule is CCC(C)(C)CNc1nc(Cl)cs1. The molecule has 0 bridgehead atoms. The van der Waals surface area contributed by atoms with Gasteiger partial charge in [0, 0.05) is 11.9 Å². The Kier molecular flexibility index (Phi) is 3.56. The molecule has 0 spiro atoms. The van der Waals surface area contributed by atoms with Crippen molar-refractivity contribution in [2.24, 2.45) is 5.41 Å². The topological polar surface area (TPSA) is 24.9 Å². The van der Waals surface area contributed by atoms with Crippen molar-refractivity contribution < 1.29 is 0 Å². The van der Waals surface area contributed by atoms with E-state index < -0.39 is 0 Å². The molecule has 13 heavy (non-hydrogen) atoms. The van der Waals surface area contributed by atoms with Crippen LogP contribution in [0, 0.1) is 5.41 Å². The van der Waals surface area contributed by atoms with Crippen LogP contribution in [0.3, 0.4) is 0 Å². The van der Waals surface area contributed by atoms with Gasteiger partial charge in [0.2, 0.25) is 0 Å². The molecule has 1 aromatic heterocycles. The van der Waals surface area contributed by atoms with Gasteiger partial charge in [0.25, 0.3) is 0 Å². The highest BCUT2D eigenvalue weighted by atomic mass is 35.5. The molecular formula is C9H15ClN2S. The van der Waals surface area contributed by atoms with Gasteiger partial charge in [-0.25, -0.2) is 4.98 Å². The van der Waals surface area contributed by atoms with Crippen LogP contribution in [-0.2, 0) is 0 Å². The monoisotopic (exact) mass is 218 g/mol. The zero-order valence-electron chi connectivity index (χ0n) is 8.22. The molecule has 0 saturated heterocycles. The molecule has 1 heterocycles. The molecule has 0 amide bonds. The van der Waals surface area contributed by atoms with Crippen LogP contribution in [0.5, 0.6) is 0 Å². The van der Waals surface area contributed by atoms with E-state index in [9.17, 15) is 0 Å². The normalized spacial score (nSPS) is 11.7. The van der Waals surface area contributed by atoms with Gasteiger partial charge in [-0.05, 0) is 11.8 Å². The summed E-state index contributed by atoms with van der Waals surface area (Å²) in [7, 11) is 0. The van der Waals surface area contributed by atoms with E-state index in [2.05, 4.69) is 31.1 Å². The number of thiazole rings is 1. The van der Waals surface area contributed by atoms with Crippen molar-refractivity contribution in [3.05, 3.63) is 10.5 Å². The van der Waals surface area contributed by atoms with Gasteiger partial charge < -0.3 is 5.32 Å². The van der Waals surface area contributed by atoms with Crippen molar-refractivity contribution in [1.29, 1.82) is 0 Å². The number of halogens is 1. The third-order valence-electron chi connectivity index (χ3n) is 2.15. The van der Waals surface area contributed by atoms with Crippen LogP contribution in [0.1, 0.15) is 27.2 Å². The van der Waals surface area contributed by atoms with Gasteiger partial charge in [-0.2, -0.15) is 0 Å². The molecule has 0 radical (unpaired) electrons. The van der Waals surface area contributed by atoms with Crippen LogP contribution in [0.15, 0.2) is 5.38 Å². The van der Waals surface area contributed by atoms with Gasteiger partial charge >= 0.3 is 0 Å². The zero-order chi connectivity index (χ0) is 9.90. The summed E-state index contributed by atoms with van der Waals surface area (Å²) < 4.78 is 0. The molecule has 1 N–H and O–H groups in total. The van der Waals surface area contributed by atoms with Gasteiger partial charge in [0.15, 0.2) is 5.13 Å². The Morgan fingerprint density at radius 3 is 2.77 bits per heavy atom. The molecule has 0 atom stereocenters. The van der Waals surface area contributed by atoms with Crippen molar-refractivity contribution in [3.8, 4) is 0 Å². The average molecular weight is 219 g/mol. The molecule has 74 valence electrons. The Balaban J connectivity index is 2.43. The van der Waals surface area contributed by atoms with Crippen LogP contribution in [0.4, 0.5) is 5.13 Å². The maximum atomic E-state index is 5.70. The lowest BCUT2D eigenvalue weighted by Crippen LogP contribution is -2.21. The quantitative estimate of drug-likeness (QED) is 0.835. The maximum absolute atomic E-state index is 5.70. The first kappa shape index (κ1) is 10.8. The first-order valence-electron chi connectivity index (χ1n) is 4.38. The number of anilines is 1. The Bertz CT molecular complexity index is 270. The van der Waals surface area contributed by atoms with E-state index in [1.807, 2.05) is 5.38 Å². The summed E-state index contributed by atoms with van der Waals surface area (Å²) in [6.07, 6.45) is 1.15. The molecule has 2 nitrogen and oxygen atoms in total. The lowest BCUT2D eigenvalue weighted by Gasteiger charge is -2.22. The zero-order valence-corrected chi connectivity index (χ0v) is 9.80. The Labute approximate surface area is 88.3 Å². The van der Waals surface area contributed by atoms with Crippen molar-refractivity contribution in [3.63, 3.8) is 0 Å². The molecule has 0 aliphatic heterocycles. The second-order valence-electron chi connectivity index (χ2n) is 3.85. The van der Waals surface area contributed by atoms with Crippen molar-refractivity contribution in [1.82, 2.24) is 4.98 Å². The second-order valence-corrected chi connectivity index (χ2v) is 5.09. The van der Waals surface area contributed by atoms with Crippen molar-refractivity contribution in [2.45, 2.75) is 27.2 Å². The largest absolute Gasteiger partial charge is 0.361 e. The van der Waals surface area contributed by atoms with E-state index in [0.29, 0.717) is 10.6 Å². The molecule has 0 aliphatic carbocycles. The summed E-state index contributed by atoms with van der Waals surface area (Å²) in [5, 5.41) is 6.60. The maximum Gasteiger partial charge on any atom is 0.184 e. The summed E-state index contributed by atoms with van der Waals surface area (Å²) in [5.74, 6) is 0. The van der Waals surface area contributed by atoms with Crippen LogP contribution < -0.4 is 5.32 Å². The third-order valence-corrected chi connectivity index (χ3v) is 3.27. The summed E-state index contributed by atoms with van der Waals surface area (Å²) in [4.78, 5) is 4.12. The Morgan fingerprint density at radius 1 is 1.62 bits per heavy atom. The van der Waals surface area contributed by atoms with Crippen molar-refractivity contribution >= 4 is 28.1 Å². The fraction of sp³-hybridized carbons (Fsp3) is 0.667. The van der Waals surface area contributed by atoms with E-state index >= 15 is 0 Å². The minimum Gasteiger partial charge on any atom is -0.361 e. The number of nitrogens with one attached hydrogen (secondary N) is 1. The summed E-state index contributed by atoms with van der Waals surface area (Å²) in [6.45, 7) is 7.59. The highest BCUT2D eigenvalue weighted by Gasteiger charge is 2.14. The van der Waals surface area contributed by atoms with E-state index in [4.69, 9.17) is 11.6 Å². The number of nitrogens with zero attached hydrogens (tertiary/aromatic N) is 1. The minimum absolute atomic E-state index is 0.318. The lowest BCUT2D eigenvalue weighted by molar-refractivity contribution is 0.377. The van der Waals surface area contributed by atoms with E-state index in [1.54, 1.807) is 11.3 Å². The number of rotatable bonds is 4. The predicted octanol–water partition coefficient (Wildman–Crippen LogP) is 3.64. The van der Waals surface area contributed by atoms with Gasteiger partial charge in [-0.3, -0.25) is 0 Å². The molecule has 0 aromatic carbocycles. The summed E-state index contributed by atoms with van der Waals surface area (Å²) in [6, 6.07) is 0. The minimum atomic E-state index is 0.318. The molecule has 0 unspecified atom stereocenters. The van der Waals surface area contributed by atoms with Gasteiger partial charge in [-0.1, -0.05) is 32.4 Å². The predicted molar refractivity (Wildman–Crippen MR) is 59.7 cm³/mol. The fourth-order valence-electron chi connectivity index (χ4n) is 0.775. The highest BCUT2D eigenvalue weighted by Crippen LogP contribution is 2.23. The van der Waals surface area contributed by atoms with E-state index in [0.717, 1.165) is 18.1 Å². The van der Waals surface area contributed by atoms with Crippen molar-refractivity contribution in [2.75, 3.05) is 11.9 Å². The first-order valence-corrected chi connectivity index (χ1v) is 5.64. The molecule has 0 aliphatic rings. The second kappa shape index (κ2) is 4.29. The van der Waals surface area contributed by atoms with Gasteiger partial charge in [-0.15, -0.1) is 11.3 Å². The van der Waals surface area contributed by atoms with Gasteiger partial charge in [0.05, 0.1) is 0 Å². The summed E-state index contributed by atoms with van der Waals surface area (Å²) in [5.41, 5.74) is 0.318. The van der Waals surface area contributed by atoms with Crippen LogP contribution in [-0.4, -0.2) is 11.5 Å². The van der Waals surface area contributed by atoms with Crippen LogP contribution in [0.2, 0.25) is 5.15 Å².